The van der Waals surface area contributed by atoms with Gasteiger partial charge in [0.2, 0.25) is 0 Å². The number of anilines is 1. The monoisotopic (exact) mass is 374 g/mol. The molecule has 0 aromatic heterocycles. The lowest BCUT2D eigenvalue weighted by Gasteiger charge is -2.21. The molecule has 0 bridgehead atoms. The molecular formula is C19H22N2O4S. The lowest BCUT2D eigenvalue weighted by atomic mass is 10.2. The average molecular weight is 374 g/mol. The molecule has 1 aliphatic heterocycles. The number of fused-ring (bicyclic) bond motifs is 1. The van der Waals surface area contributed by atoms with Crippen LogP contribution in [0.4, 0.5) is 5.69 Å². The van der Waals surface area contributed by atoms with Crippen molar-refractivity contribution in [3.05, 3.63) is 42.5 Å². The summed E-state index contributed by atoms with van der Waals surface area (Å²) >= 11 is 5.37. The minimum Gasteiger partial charge on any atom is -0.493 e. The van der Waals surface area contributed by atoms with Crippen LogP contribution in [-0.4, -0.2) is 38.1 Å². The third kappa shape index (κ3) is 4.70. The zero-order valence-corrected chi connectivity index (χ0v) is 15.6. The second kappa shape index (κ2) is 8.62. The van der Waals surface area contributed by atoms with Crippen LogP contribution in [-0.2, 0) is 0 Å². The molecule has 2 aromatic carbocycles. The first-order valence-corrected chi connectivity index (χ1v) is 8.79. The van der Waals surface area contributed by atoms with Crippen molar-refractivity contribution >= 4 is 23.0 Å². The Balaban J connectivity index is 1.50. The number of benzene rings is 2. The molecule has 1 heterocycles. The zero-order chi connectivity index (χ0) is 18.4. The molecule has 0 amide bonds. The molecule has 0 fully saturated rings. The van der Waals surface area contributed by atoms with Gasteiger partial charge in [0.25, 0.3) is 0 Å². The van der Waals surface area contributed by atoms with Gasteiger partial charge in [-0.25, -0.2) is 0 Å². The molecule has 1 aliphatic rings. The maximum atomic E-state index is 5.80. The summed E-state index contributed by atoms with van der Waals surface area (Å²) in [5.41, 5.74) is 0.838. The number of nitrogens with one attached hydrogen (secondary N) is 2. The second-order valence-electron chi connectivity index (χ2n) is 5.82. The van der Waals surface area contributed by atoms with Crippen molar-refractivity contribution < 1.29 is 18.9 Å². The Hall–Kier alpha value is -2.67. The Labute approximate surface area is 158 Å². The predicted octanol–water partition coefficient (Wildman–Crippen LogP) is 3.22. The molecule has 2 N–H and O–H groups in total. The van der Waals surface area contributed by atoms with Gasteiger partial charge in [0.05, 0.1) is 13.2 Å². The van der Waals surface area contributed by atoms with Crippen LogP contribution >= 0.6 is 12.2 Å². The van der Waals surface area contributed by atoms with Crippen molar-refractivity contribution in [1.29, 1.82) is 0 Å². The van der Waals surface area contributed by atoms with Crippen molar-refractivity contribution in [3.8, 4) is 23.0 Å². The number of hydrogen-bond acceptors (Lipinski definition) is 5. The number of para-hydroxylation sites is 2. The third-order valence-electron chi connectivity index (χ3n) is 3.74. The Morgan fingerprint density at radius 1 is 1.12 bits per heavy atom. The fourth-order valence-corrected chi connectivity index (χ4v) is 2.83. The standard InChI is InChI=1S/C19H22N2O4S/c1-13(12-25-16-6-4-3-5-15(16)22-2)20-19(26)21-14-7-8-17-18(11-14)24-10-9-23-17/h3-8,11,13H,9-10,12H2,1-2H3,(H2,20,21,26). The quantitative estimate of drug-likeness (QED) is 0.753. The minimum atomic E-state index is 0.0112. The van der Waals surface area contributed by atoms with Crippen LogP contribution in [0.3, 0.4) is 0 Å². The highest BCUT2D eigenvalue weighted by Gasteiger charge is 2.13. The lowest BCUT2D eigenvalue weighted by molar-refractivity contribution is 0.171. The molecular weight excluding hydrogens is 352 g/mol. The Morgan fingerprint density at radius 2 is 1.85 bits per heavy atom. The van der Waals surface area contributed by atoms with Crippen LogP contribution in [0.15, 0.2) is 42.5 Å². The van der Waals surface area contributed by atoms with Crippen LogP contribution in [0.1, 0.15) is 6.92 Å². The summed E-state index contributed by atoms with van der Waals surface area (Å²) in [7, 11) is 1.62. The molecule has 0 saturated heterocycles. The van der Waals surface area contributed by atoms with Gasteiger partial charge in [-0.1, -0.05) is 12.1 Å². The van der Waals surface area contributed by atoms with E-state index in [4.69, 9.17) is 31.2 Å². The smallest absolute Gasteiger partial charge is 0.171 e. The van der Waals surface area contributed by atoms with Crippen LogP contribution < -0.4 is 29.6 Å². The van der Waals surface area contributed by atoms with E-state index in [2.05, 4.69) is 10.6 Å². The van der Waals surface area contributed by atoms with E-state index in [0.717, 1.165) is 17.2 Å². The molecule has 138 valence electrons. The number of rotatable bonds is 6. The van der Waals surface area contributed by atoms with Crippen LogP contribution in [0.2, 0.25) is 0 Å². The Kier molecular flexibility index (Phi) is 6.01. The molecule has 0 aliphatic carbocycles. The Bertz CT molecular complexity index is 769. The maximum Gasteiger partial charge on any atom is 0.171 e. The van der Waals surface area contributed by atoms with Gasteiger partial charge in [0.15, 0.2) is 28.1 Å². The highest BCUT2D eigenvalue weighted by molar-refractivity contribution is 7.80. The van der Waals surface area contributed by atoms with Gasteiger partial charge in [0, 0.05) is 11.8 Å². The van der Waals surface area contributed by atoms with Crippen molar-refractivity contribution in [2.75, 3.05) is 32.2 Å². The number of thiocarbonyl (C=S) groups is 1. The molecule has 3 rings (SSSR count). The normalized spacial score (nSPS) is 13.5. The highest BCUT2D eigenvalue weighted by Crippen LogP contribution is 2.32. The van der Waals surface area contributed by atoms with E-state index < -0.39 is 0 Å². The summed E-state index contributed by atoms with van der Waals surface area (Å²) in [6, 6.07) is 13.2. The van der Waals surface area contributed by atoms with E-state index in [9.17, 15) is 0 Å². The fraction of sp³-hybridized carbons (Fsp3) is 0.316. The summed E-state index contributed by atoms with van der Waals surface area (Å²) in [6.07, 6.45) is 0. The number of hydrogen-bond donors (Lipinski definition) is 2. The molecule has 26 heavy (non-hydrogen) atoms. The summed E-state index contributed by atoms with van der Waals surface area (Å²) in [4.78, 5) is 0. The van der Waals surface area contributed by atoms with Gasteiger partial charge in [-0.3, -0.25) is 0 Å². The fourth-order valence-electron chi connectivity index (χ4n) is 2.51. The predicted molar refractivity (Wildman–Crippen MR) is 105 cm³/mol. The number of methoxy groups -OCH3 is 1. The molecule has 1 unspecified atom stereocenters. The van der Waals surface area contributed by atoms with Crippen molar-refractivity contribution in [2.45, 2.75) is 13.0 Å². The minimum absolute atomic E-state index is 0.0112. The SMILES string of the molecule is COc1ccccc1OCC(C)NC(=S)Nc1ccc2c(c1)OCCO2. The van der Waals surface area contributed by atoms with Gasteiger partial charge in [0.1, 0.15) is 19.8 Å². The second-order valence-corrected chi connectivity index (χ2v) is 6.23. The first-order valence-electron chi connectivity index (χ1n) is 8.38. The van der Waals surface area contributed by atoms with Gasteiger partial charge in [-0.05, 0) is 43.4 Å². The van der Waals surface area contributed by atoms with E-state index in [1.54, 1.807) is 7.11 Å². The van der Waals surface area contributed by atoms with Gasteiger partial charge >= 0.3 is 0 Å². The largest absolute Gasteiger partial charge is 0.493 e. The van der Waals surface area contributed by atoms with E-state index in [1.165, 1.54) is 0 Å². The molecule has 0 spiro atoms. The van der Waals surface area contributed by atoms with Crippen molar-refractivity contribution in [3.63, 3.8) is 0 Å². The first kappa shape index (κ1) is 18.1. The molecule has 0 radical (unpaired) electrons. The summed E-state index contributed by atoms with van der Waals surface area (Å²) in [5.74, 6) is 2.88. The summed E-state index contributed by atoms with van der Waals surface area (Å²) in [6.45, 7) is 3.57. The number of ether oxygens (including phenoxy) is 4. The topological polar surface area (TPSA) is 61.0 Å². The maximum absolute atomic E-state index is 5.80. The van der Waals surface area contributed by atoms with Gasteiger partial charge in [-0.15, -0.1) is 0 Å². The molecule has 1 atom stereocenters. The van der Waals surface area contributed by atoms with Crippen molar-refractivity contribution in [1.82, 2.24) is 5.32 Å². The summed E-state index contributed by atoms with van der Waals surface area (Å²) in [5, 5.41) is 6.86. The lowest BCUT2D eigenvalue weighted by Crippen LogP contribution is -2.39. The zero-order valence-electron chi connectivity index (χ0n) is 14.8. The van der Waals surface area contributed by atoms with E-state index >= 15 is 0 Å². The van der Waals surface area contributed by atoms with Crippen molar-refractivity contribution in [2.24, 2.45) is 0 Å². The molecule has 6 nitrogen and oxygen atoms in total. The van der Waals surface area contributed by atoms with E-state index in [-0.39, 0.29) is 6.04 Å². The third-order valence-corrected chi connectivity index (χ3v) is 3.96. The van der Waals surface area contributed by atoms with Crippen LogP contribution in [0.25, 0.3) is 0 Å². The molecule has 7 heteroatoms. The first-order chi connectivity index (χ1) is 12.7. The van der Waals surface area contributed by atoms with E-state index in [0.29, 0.717) is 36.4 Å². The molecule has 2 aromatic rings. The summed E-state index contributed by atoms with van der Waals surface area (Å²) < 4.78 is 22.2. The van der Waals surface area contributed by atoms with Crippen LogP contribution in [0, 0.1) is 0 Å². The van der Waals surface area contributed by atoms with Crippen LogP contribution in [0.5, 0.6) is 23.0 Å². The van der Waals surface area contributed by atoms with Gasteiger partial charge in [-0.2, -0.15) is 0 Å². The molecule has 0 saturated carbocycles. The van der Waals surface area contributed by atoms with Gasteiger partial charge < -0.3 is 29.6 Å². The van der Waals surface area contributed by atoms with E-state index in [1.807, 2.05) is 49.4 Å². The Morgan fingerprint density at radius 3 is 2.62 bits per heavy atom. The average Bonchev–Trinajstić information content (AvgIpc) is 2.66. The highest BCUT2D eigenvalue weighted by atomic mass is 32.1.